The first kappa shape index (κ1) is 12.3. The van der Waals surface area contributed by atoms with E-state index >= 15 is 0 Å². The largest absolute Gasteiger partial charge is 0.417 e. The second kappa shape index (κ2) is 4.40. The minimum Gasteiger partial charge on any atom is -0.332 e. The zero-order chi connectivity index (χ0) is 14.2. The molecule has 0 aliphatic rings. The molecule has 3 heterocycles. The van der Waals surface area contributed by atoms with Crippen LogP contribution in [0.15, 0.2) is 29.2 Å². The molecule has 0 saturated heterocycles. The number of hydrogen-bond acceptors (Lipinski definition) is 6. The van der Waals surface area contributed by atoms with Crippen LogP contribution in [0.3, 0.4) is 0 Å². The van der Waals surface area contributed by atoms with Crippen molar-refractivity contribution in [2.24, 2.45) is 0 Å². The van der Waals surface area contributed by atoms with Crippen LogP contribution in [-0.2, 0) is 6.18 Å². The Hall–Kier alpha value is -2.78. The summed E-state index contributed by atoms with van der Waals surface area (Å²) in [6, 6.07) is 2.04. The van der Waals surface area contributed by atoms with Crippen molar-refractivity contribution in [3.8, 4) is 23.2 Å². The number of nitrogens with zero attached hydrogens (tertiary/aromatic N) is 5. The van der Waals surface area contributed by atoms with Crippen LogP contribution in [-0.4, -0.2) is 30.3 Å². The molecular formula is C10H5F3N6O. The molecule has 7 nitrogen and oxygen atoms in total. The highest BCUT2D eigenvalue weighted by atomic mass is 19.4. The third kappa shape index (κ3) is 2.22. The standard InChI is InChI=1S/C10H5F3N6O/c11-10(12,13)5-1-2-6(14-3-5)9-17-8(19-20-9)7-15-4-16-18-7/h1-4H,(H,15,16,18). The molecule has 0 spiro atoms. The van der Waals surface area contributed by atoms with Crippen LogP contribution in [0, 0.1) is 0 Å². The molecule has 20 heavy (non-hydrogen) atoms. The number of hydrogen-bond donors (Lipinski definition) is 1. The minimum atomic E-state index is -4.44. The van der Waals surface area contributed by atoms with Crippen molar-refractivity contribution in [1.29, 1.82) is 0 Å². The third-order valence-corrected chi connectivity index (χ3v) is 2.36. The second-order valence-electron chi connectivity index (χ2n) is 3.69. The van der Waals surface area contributed by atoms with Crippen LogP contribution in [0.25, 0.3) is 23.2 Å². The molecule has 3 aromatic heterocycles. The summed E-state index contributed by atoms with van der Waals surface area (Å²) in [5, 5.41) is 9.78. The van der Waals surface area contributed by atoms with Gasteiger partial charge < -0.3 is 4.52 Å². The van der Waals surface area contributed by atoms with Gasteiger partial charge in [0.2, 0.25) is 5.82 Å². The lowest BCUT2D eigenvalue weighted by Gasteiger charge is -2.04. The zero-order valence-electron chi connectivity index (χ0n) is 9.59. The fourth-order valence-corrected chi connectivity index (χ4v) is 1.42. The molecule has 0 amide bonds. The molecule has 3 rings (SSSR count). The van der Waals surface area contributed by atoms with E-state index in [1.54, 1.807) is 0 Å². The molecule has 102 valence electrons. The molecule has 0 atom stereocenters. The highest BCUT2D eigenvalue weighted by Gasteiger charge is 2.30. The Morgan fingerprint density at radius 1 is 1.15 bits per heavy atom. The number of rotatable bonds is 2. The molecule has 0 bridgehead atoms. The Morgan fingerprint density at radius 3 is 2.60 bits per heavy atom. The molecular weight excluding hydrogens is 277 g/mol. The van der Waals surface area contributed by atoms with Gasteiger partial charge in [0, 0.05) is 6.20 Å². The molecule has 3 aromatic rings. The lowest BCUT2D eigenvalue weighted by atomic mass is 10.2. The highest BCUT2D eigenvalue weighted by molar-refractivity contribution is 5.51. The van der Waals surface area contributed by atoms with Gasteiger partial charge in [0.25, 0.3) is 5.89 Å². The summed E-state index contributed by atoms with van der Waals surface area (Å²) in [7, 11) is 0. The summed E-state index contributed by atoms with van der Waals surface area (Å²) in [6.45, 7) is 0. The Kier molecular flexibility index (Phi) is 2.70. The maximum atomic E-state index is 12.4. The molecule has 0 radical (unpaired) electrons. The monoisotopic (exact) mass is 282 g/mol. The maximum absolute atomic E-state index is 12.4. The van der Waals surface area contributed by atoms with E-state index in [9.17, 15) is 13.2 Å². The highest BCUT2D eigenvalue weighted by Crippen LogP contribution is 2.29. The van der Waals surface area contributed by atoms with Crippen LogP contribution >= 0.6 is 0 Å². The van der Waals surface area contributed by atoms with Gasteiger partial charge >= 0.3 is 6.18 Å². The van der Waals surface area contributed by atoms with E-state index in [4.69, 9.17) is 4.52 Å². The first-order valence-corrected chi connectivity index (χ1v) is 5.27. The molecule has 10 heteroatoms. The quantitative estimate of drug-likeness (QED) is 0.772. The minimum absolute atomic E-state index is 0.00914. The van der Waals surface area contributed by atoms with Crippen LogP contribution in [0.1, 0.15) is 5.56 Å². The van der Waals surface area contributed by atoms with Gasteiger partial charge in [-0.15, -0.1) is 0 Å². The fraction of sp³-hybridized carbons (Fsp3) is 0.100. The second-order valence-corrected chi connectivity index (χ2v) is 3.69. The van der Waals surface area contributed by atoms with E-state index in [-0.39, 0.29) is 23.2 Å². The number of nitrogens with one attached hydrogen (secondary N) is 1. The van der Waals surface area contributed by atoms with Crippen molar-refractivity contribution in [2.45, 2.75) is 6.18 Å². The summed E-state index contributed by atoms with van der Waals surface area (Å²) < 4.78 is 42.1. The van der Waals surface area contributed by atoms with Gasteiger partial charge in [0.15, 0.2) is 5.82 Å². The van der Waals surface area contributed by atoms with E-state index in [2.05, 4.69) is 30.3 Å². The van der Waals surface area contributed by atoms with Gasteiger partial charge in [-0.25, -0.2) is 4.98 Å². The van der Waals surface area contributed by atoms with Crippen molar-refractivity contribution >= 4 is 0 Å². The van der Waals surface area contributed by atoms with Gasteiger partial charge in [0.05, 0.1) is 5.56 Å². The molecule has 0 aliphatic heterocycles. The Morgan fingerprint density at radius 2 is 2.00 bits per heavy atom. The average Bonchev–Trinajstić information content (AvgIpc) is 3.09. The number of alkyl halides is 3. The summed E-state index contributed by atoms with van der Waals surface area (Å²) in [5.74, 6) is 0.413. The molecule has 1 N–H and O–H groups in total. The van der Waals surface area contributed by atoms with Crippen LogP contribution in [0.5, 0.6) is 0 Å². The number of aromatic nitrogens is 6. The molecule has 0 aromatic carbocycles. The van der Waals surface area contributed by atoms with Crippen LogP contribution < -0.4 is 0 Å². The zero-order valence-corrected chi connectivity index (χ0v) is 9.59. The first-order chi connectivity index (χ1) is 9.54. The molecule has 0 aliphatic carbocycles. The van der Waals surface area contributed by atoms with Gasteiger partial charge in [-0.2, -0.15) is 23.3 Å². The topological polar surface area (TPSA) is 93.4 Å². The van der Waals surface area contributed by atoms with Crippen molar-refractivity contribution in [3.05, 3.63) is 30.2 Å². The molecule has 0 saturated carbocycles. The van der Waals surface area contributed by atoms with Crippen molar-refractivity contribution < 1.29 is 17.7 Å². The lowest BCUT2D eigenvalue weighted by Crippen LogP contribution is -2.05. The summed E-state index contributed by atoms with van der Waals surface area (Å²) in [5.41, 5.74) is -0.715. The fourth-order valence-electron chi connectivity index (χ4n) is 1.42. The Balaban J connectivity index is 1.90. The van der Waals surface area contributed by atoms with Crippen molar-refractivity contribution in [2.75, 3.05) is 0 Å². The van der Waals surface area contributed by atoms with E-state index in [1.807, 2.05) is 0 Å². The smallest absolute Gasteiger partial charge is 0.332 e. The van der Waals surface area contributed by atoms with Gasteiger partial charge in [0.1, 0.15) is 12.0 Å². The van der Waals surface area contributed by atoms with E-state index < -0.39 is 11.7 Å². The third-order valence-electron chi connectivity index (χ3n) is 2.36. The number of pyridine rings is 1. The van der Waals surface area contributed by atoms with Crippen LogP contribution in [0.2, 0.25) is 0 Å². The van der Waals surface area contributed by atoms with Crippen molar-refractivity contribution in [1.82, 2.24) is 30.3 Å². The van der Waals surface area contributed by atoms with Gasteiger partial charge in [-0.3, -0.25) is 10.1 Å². The van der Waals surface area contributed by atoms with Gasteiger partial charge in [-0.05, 0) is 12.1 Å². The number of aromatic amines is 1. The van der Waals surface area contributed by atoms with E-state index in [1.165, 1.54) is 6.33 Å². The number of H-pyrrole nitrogens is 1. The van der Waals surface area contributed by atoms with Crippen molar-refractivity contribution in [3.63, 3.8) is 0 Å². The van der Waals surface area contributed by atoms with E-state index in [0.29, 0.717) is 6.20 Å². The molecule has 0 fully saturated rings. The van der Waals surface area contributed by atoms with Crippen LogP contribution in [0.4, 0.5) is 13.2 Å². The first-order valence-electron chi connectivity index (χ1n) is 5.27. The number of halogens is 3. The predicted molar refractivity (Wildman–Crippen MR) is 57.9 cm³/mol. The Bertz CT molecular complexity index is 703. The average molecular weight is 282 g/mol. The maximum Gasteiger partial charge on any atom is 0.417 e. The Labute approximate surface area is 108 Å². The normalized spacial score (nSPS) is 11.8. The summed E-state index contributed by atoms with van der Waals surface area (Å²) in [4.78, 5) is 11.4. The van der Waals surface area contributed by atoms with Gasteiger partial charge in [-0.1, -0.05) is 5.16 Å². The summed E-state index contributed by atoms with van der Waals surface area (Å²) >= 11 is 0. The summed E-state index contributed by atoms with van der Waals surface area (Å²) in [6.07, 6.45) is -2.47. The van der Waals surface area contributed by atoms with E-state index in [0.717, 1.165) is 12.1 Å². The molecule has 0 unspecified atom stereocenters. The SMILES string of the molecule is FC(F)(F)c1ccc(-c2nc(-c3ncn[nH]3)no2)nc1. The predicted octanol–water partition coefficient (Wildman–Crippen LogP) is 1.94. The lowest BCUT2D eigenvalue weighted by molar-refractivity contribution is -0.137.